The first-order valence-electron chi connectivity index (χ1n) is 6.29. The van der Waals surface area contributed by atoms with E-state index in [0.717, 1.165) is 21.5 Å². The van der Waals surface area contributed by atoms with Crippen LogP contribution in [0.4, 0.5) is 0 Å². The maximum absolute atomic E-state index is 11.2. The number of carbonyl (C=O) groups excluding carboxylic acids is 1. The Morgan fingerprint density at radius 3 is 2.43 bits per heavy atom. The lowest BCUT2D eigenvalue weighted by molar-refractivity contribution is 0.112. The van der Waals surface area contributed by atoms with Crippen molar-refractivity contribution in [2.75, 3.05) is 0 Å². The Labute approximate surface area is 135 Å². The smallest absolute Gasteiger partial charge is 0.153 e. The van der Waals surface area contributed by atoms with E-state index in [0.29, 0.717) is 22.1 Å². The normalized spacial score (nSPS) is 10.6. The number of aldehydes is 1. The Balaban J connectivity index is 2.11. The van der Waals surface area contributed by atoms with Crippen molar-refractivity contribution < 1.29 is 9.53 Å². The molecule has 0 saturated heterocycles. The molecule has 0 aliphatic carbocycles. The molecule has 104 valence electrons. The van der Waals surface area contributed by atoms with Gasteiger partial charge < -0.3 is 4.74 Å². The van der Waals surface area contributed by atoms with Crippen LogP contribution in [0, 0.1) is 0 Å². The standard InChI is InChI=1S/C17H10BrClO2/c18-12-5-7-16(11(9-12)10-20)21-17-8-6-15(19)13-3-1-2-4-14(13)17/h1-10H. The van der Waals surface area contributed by atoms with Gasteiger partial charge in [0.05, 0.1) is 5.56 Å². The summed E-state index contributed by atoms with van der Waals surface area (Å²) in [5.41, 5.74) is 0.489. The summed E-state index contributed by atoms with van der Waals surface area (Å²) >= 11 is 9.53. The Morgan fingerprint density at radius 1 is 0.952 bits per heavy atom. The fourth-order valence-corrected chi connectivity index (χ4v) is 2.75. The number of rotatable bonds is 3. The molecular weight excluding hydrogens is 352 g/mol. The minimum atomic E-state index is 0.489. The molecule has 0 spiro atoms. The maximum atomic E-state index is 11.2. The maximum Gasteiger partial charge on any atom is 0.153 e. The summed E-state index contributed by atoms with van der Waals surface area (Å²) in [5.74, 6) is 1.18. The molecule has 0 bridgehead atoms. The molecule has 0 N–H and O–H groups in total. The number of fused-ring (bicyclic) bond motifs is 1. The average Bonchev–Trinajstić information content (AvgIpc) is 2.52. The van der Waals surface area contributed by atoms with Crippen LogP contribution in [0.15, 0.2) is 59.1 Å². The Kier molecular flexibility index (Phi) is 3.95. The third kappa shape index (κ3) is 2.80. The van der Waals surface area contributed by atoms with Crippen LogP contribution in [0.2, 0.25) is 5.02 Å². The van der Waals surface area contributed by atoms with Crippen LogP contribution in [0.5, 0.6) is 11.5 Å². The van der Waals surface area contributed by atoms with Crippen molar-refractivity contribution in [1.82, 2.24) is 0 Å². The Morgan fingerprint density at radius 2 is 1.67 bits per heavy atom. The van der Waals surface area contributed by atoms with E-state index >= 15 is 0 Å². The second-order valence-electron chi connectivity index (χ2n) is 4.49. The average molecular weight is 362 g/mol. The first-order chi connectivity index (χ1) is 10.2. The lowest BCUT2D eigenvalue weighted by Crippen LogP contribution is -1.91. The Hall–Kier alpha value is -1.84. The van der Waals surface area contributed by atoms with Gasteiger partial charge in [-0.05, 0) is 30.3 Å². The first kappa shape index (κ1) is 14.1. The van der Waals surface area contributed by atoms with Gasteiger partial charge in [0.15, 0.2) is 6.29 Å². The van der Waals surface area contributed by atoms with Crippen LogP contribution in [0.1, 0.15) is 10.4 Å². The van der Waals surface area contributed by atoms with Crippen molar-refractivity contribution in [3.05, 3.63) is 69.7 Å². The molecule has 0 amide bonds. The predicted octanol–water partition coefficient (Wildman–Crippen LogP) is 5.86. The topological polar surface area (TPSA) is 26.3 Å². The molecule has 3 rings (SSSR count). The van der Waals surface area contributed by atoms with Crippen LogP contribution in [0.3, 0.4) is 0 Å². The van der Waals surface area contributed by atoms with E-state index in [4.69, 9.17) is 16.3 Å². The highest BCUT2D eigenvalue weighted by Gasteiger charge is 2.09. The van der Waals surface area contributed by atoms with Gasteiger partial charge in [0.25, 0.3) is 0 Å². The highest BCUT2D eigenvalue weighted by atomic mass is 79.9. The van der Waals surface area contributed by atoms with Crippen LogP contribution in [0.25, 0.3) is 10.8 Å². The summed E-state index contributed by atoms with van der Waals surface area (Å²) in [5, 5.41) is 2.50. The summed E-state index contributed by atoms with van der Waals surface area (Å²) in [6, 6.07) is 16.6. The van der Waals surface area contributed by atoms with E-state index in [-0.39, 0.29) is 0 Å². The molecule has 2 nitrogen and oxygen atoms in total. The molecule has 0 aliphatic heterocycles. The minimum absolute atomic E-state index is 0.489. The van der Waals surface area contributed by atoms with Crippen molar-refractivity contribution in [3.63, 3.8) is 0 Å². The van der Waals surface area contributed by atoms with E-state index in [1.54, 1.807) is 24.3 Å². The Bertz CT molecular complexity index is 830. The van der Waals surface area contributed by atoms with Gasteiger partial charge in [-0.2, -0.15) is 0 Å². The lowest BCUT2D eigenvalue weighted by atomic mass is 10.1. The van der Waals surface area contributed by atoms with Gasteiger partial charge in [-0.1, -0.05) is 51.8 Å². The van der Waals surface area contributed by atoms with Gasteiger partial charge in [0.1, 0.15) is 11.5 Å². The zero-order valence-electron chi connectivity index (χ0n) is 10.8. The molecular formula is C17H10BrClO2. The third-order valence-corrected chi connectivity index (χ3v) is 3.97. The predicted molar refractivity (Wildman–Crippen MR) is 88.6 cm³/mol. The van der Waals surface area contributed by atoms with Crippen LogP contribution >= 0.6 is 27.5 Å². The molecule has 0 unspecified atom stereocenters. The molecule has 21 heavy (non-hydrogen) atoms. The quantitative estimate of drug-likeness (QED) is 0.546. The fourth-order valence-electron chi connectivity index (χ4n) is 2.15. The lowest BCUT2D eigenvalue weighted by Gasteiger charge is -2.11. The number of hydrogen-bond donors (Lipinski definition) is 0. The van der Waals surface area contributed by atoms with Gasteiger partial charge in [-0.15, -0.1) is 0 Å². The van der Waals surface area contributed by atoms with E-state index < -0.39 is 0 Å². The summed E-state index contributed by atoms with van der Waals surface area (Å²) in [6.07, 6.45) is 0.776. The molecule has 0 saturated carbocycles. The van der Waals surface area contributed by atoms with E-state index in [1.807, 2.05) is 30.3 Å². The zero-order valence-corrected chi connectivity index (χ0v) is 13.2. The van der Waals surface area contributed by atoms with Crippen molar-refractivity contribution in [1.29, 1.82) is 0 Å². The summed E-state index contributed by atoms with van der Waals surface area (Å²) in [4.78, 5) is 11.2. The van der Waals surface area contributed by atoms with E-state index in [9.17, 15) is 4.79 Å². The van der Waals surface area contributed by atoms with Crippen molar-refractivity contribution in [2.45, 2.75) is 0 Å². The van der Waals surface area contributed by atoms with Crippen molar-refractivity contribution in [3.8, 4) is 11.5 Å². The molecule has 3 aromatic carbocycles. The van der Waals surface area contributed by atoms with Crippen molar-refractivity contribution >= 4 is 44.6 Å². The number of hydrogen-bond acceptors (Lipinski definition) is 2. The fraction of sp³-hybridized carbons (Fsp3) is 0. The minimum Gasteiger partial charge on any atom is -0.456 e. The highest BCUT2D eigenvalue weighted by Crippen LogP contribution is 2.35. The second-order valence-corrected chi connectivity index (χ2v) is 5.82. The molecule has 3 aromatic rings. The third-order valence-electron chi connectivity index (χ3n) is 3.15. The van der Waals surface area contributed by atoms with E-state index in [1.165, 1.54) is 0 Å². The summed E-state index contributed by atoms with van der Waals surface area (Å²) in [6.45, 7) is 0. The molecule has 4 heteroatoms. The van der Waals surface area contributed by atoms with Gasteiger partial charge in [-0.25, -0.2) is 0 Å². The monoisotopic (exact) mass is 360 g/mol. The van der Waals surface area contributed by atoms with Crippen LogP contribution in [-0.4, -0.2) is 6.29 Å². The summed E-state index contributed by atoms with van der Waals surface area (Å²) in [7, 11) is 0. The zero-order chi connectivity index (χ0) is 14.8. The van der Waals surface area contributed by atoms with Crippen LogP contribution in [-0.2, 0) is 0 Å². The number of halogens is 2. The highest BCUT2D eigenvalue weighted by molar-refractivity contribution is 9.10. The molecule has 0 radical (unpaired) electrons. The van der Waals surface area contributed by atoms with Gasteiger partial charge in [-0.3, -0.25) is 4.79 Å². The number of ether oxygens (including phenoxy) is 1. The molecule has 0 atom stereocenters. The van der Waals surface area contributed by atoms with E-state index in [2.05, 4.69) is 15.9 Å². The molecule has 0 fully saturated rings. The second kappa shape index (κ2) is 5.88. The van der Waals surface area contributed by atoms with Crippen LogP contribution < -0.4 is 4.74 Å². The number of carbonyl (C=O) groups is 1. The largest absolute Gasteiger partial charge is 0.456 e. The van der Waals surface area contributed by atoms with Crippen molar-refractivity contribution in [2.24, 2.45) is 0 Å². The first-order valence-corrected chi connectivity index (χ1v) is 7.46. The SMILES string of the molecule is O=Cc1cc(Br)ccc1Oc1ccc(Cl)c2ccccc12. The molecule has 0 aliphatic rings. The van der Waals surface area contributed by atoms with Gasteiger partial charge in [0, 0.05) is 20.3 Å². The van der Waals surface area contributed by atoms with Gasteiger partial charge in [0.2, 0.25) is 0 Å². The van der Waals surface area contributed by atoms with Gasteiger partial charge >= 0.3 is 0 Å². The molecule has 0 aromatic heterocycles. The summed E-state index contributed by atoms with van der Waals surface area (Å²) < 4.78 is 6.74. The molecule has 0 heterocycles. The number of benzene rings is 3.